The van der Waals surface area contributed by atoms with Gasteiger partial charge in [0.05, 0.1) is 0 Å². The zero-order valence-corrected chi connectivity index (χ0v) is 8.64. The molecule has 0 fully saturated rings. The Morgan fingerprint density at radius 3 is 1.92 bits per heavy atom. The van der Waals surface area contributed by atoms with Crippen molar-refractivity contribution in [2.45, 2.75) is 13.2 Å². The Hall–Kier alpha value is 0.220. The Bertz CT molecular complexity index is 244. The lowest BCUT2D eigenvalue weighted by Gasteiger charge is -2.16. The highest BCUT2D eigenvalue weighted by atomic mass is 31.2. The molecule has 2 atom stereocenters. The molecule has 0 rings (SSSR count). The first kappa shape index (κ1) is 13.2. The first-order chi connectivity index (χ1) is 5.66. The van der Waals surface area contributed by atoms with Crippen LogP contribution in [0.3, 0.4) is 0 Å². The number of phosphoric acid groups is 2. The number of hydrogen-bond donors (Lipinski definition) is 3. The third kappa shape index (κ3) is 7.30. The van der Waals surface area contributed by atoms with E-state index in [0.717, 1.165) is 14.0 Å². The van der Waals surface area contributed by atoms with E-state index in [9.17, 15) is 9.13 Å². The highest BCUT2D eigenvalue weighted by molar-refractivity contribution is 7.47. The van der Waals surface area contributed by atoms with Gasteiger partial charge < -0.3 is 14.7 Å². The van der Waals surface area contributed by atoms with Crippen LogP contribution in [0.15, 0.2) is 0 Å². The summed E-state index contributed by atoms with van der Waals surface area (Å²) in [6.07, 6.45) is -1.54. The van der Waals surface area contributed by atoms with Gasteiger partial charge in [0.15, 0.2) is 6.29 Å². The minimum Gasteiger partial charge on any atom is -0.303 e. The van der Waals surface area contributed by atoms with Crippen LogP contribution in [0.1, 0.15) is 6.92 Å². The molecule has 10 heteroatoms. The number of rotatable bonds is 5. The van der Waals surface area contributed by atoms with Gasteiger partial charge in [-0.3, -0.25) is 13.6 Å². The van der Waals surface area contributed by atoms with Gasteiger partial charge in [-0.05, 0) is 6.92 Å². The highest BCUT2D eigenvalue weighted by Gasteiger charge is 2.27. The van der Waals surface area contributed by atoms with E-state index >= 15 is 0 Å². The fourth-order valence-electron chi connectivity index (χ4n) is 0.443. The highest BCUT2D eigenvalue weighted by Crippen LogP contribution is 2.46. The molecular weight excluding hydrogens is 226 g/mol. The maximum Gasteiger partial charge on any atom is 0.474 e. The van der Waals surface area contributed by atoms with Crippen molar-refractivity contribution in [1.29, 1.82) is 0 Å². The number of phosphoric ester groups is 2. The molecule has 2 unspecified atom stereocenters. The third-order valence-corrected chi connectivity index (χ3v) is 2.39. The molecule has 0 amide bonds. The standard InChI is InChI=1S/C3H10O8P2/c1-3(10-12(4,5)6)11-13(7,8)9-2/h3H,1-2H3,(H,7,8)(H2,4,5,6). The summed E-state index contributed by atoms with van der Waals surface area (Å²) < 4.78 is 32.9. The van der Waals surface area contributed by atoms with E-state index in [-0.39, 0.29) is 0 Å². The molecule has 0 aromatic heterocycles. The Morgan fingerprint density at radius 1 is 1.15 bits per heavy atom. The predicted molar refractivity (Wildman–Crippen MR) is 40.5 cm³/mol. The van der Waals surface area contributed by atoms with E-state index in [2.05, 4.69) is 13.6 Å². The maximum absolute atomic E-state index is 10.7. The van der Waals surface area contributed by atoms with E-state index < -0.39 is 21.9 Å². The molecule has 0 heterocycles. The third-order valence-electron chi connectivity index (χ3n) is 0.798. The van der Waals surface area contributed by atoms with Crippen molar-refractivity contribution < 1.29 is 37.4 Å². The van der Waals surface area contributed by atoms with Crippen molar-refractivity contribution in [1.82, 2.24) is 0 Å². The largest absolute Gasteiger partial charge is 0.474 e. The van der Waals surface area contributed by atoms with Crippen LogP contribution in [-0.2, 0) is 22.7 Å². The molecule has 0 bridgehead atoms. The fourth-order valence-corrected chi connectivity index (χ4v) is 1.45. The summed E-state index contributed by atoms with van der Waals surface area (Å²) in [6, 6.07) is 0. The Kier molecular flexibility index (Phi) is 4.71. The molecule has 8 nitrogen and oxygen atoms in total. The molecule has 80 valence electrons. The van der Waals surface area contributed by atoms with Crippen LogP contribution < -0.4 is 0 Å². The average Bonchev–Trinajstić information content (AvgIpc) is 1.81. The van der Waals surface area contributed by atoms with E-state index in [0.29, 0.717) is 0 Å². The van der Waals surface area contributed by atoms with Crippen molar-refractivity contribution in [2.75, 3.05) is 7.11 Å². The molecule has 0 aromatic rings. The van der Waals surface area contributed by atoms with Crippen molar-refractivity contribution in [3.63, 3.8) is 0 Å². The Balaban J connectivity index is 4.10. The van der Waals surface area contributed by atoms with Gasteiger partial charge in [0.1, 0.15) is 0 Å². The molecule has 0 saturated carbocycles. The zero-order valence-electron chi connectivity index (χ0n) is 6.85. The van der Waals surface area contributed by atoms with Gasteiger partial charge in [0.25, 0.3) is 0 Å². The summed E-state index contributed by atoms with van der Waals surface area (Å²) in [7, 11) is -8.11. The minimum atomic E-state index is -4.73. The van der Waals surface area contributed by atoms with E-state index in [1.54, 1.807) is 0 Å². The first-order valence-electron chi connectivity index (χ1n) is 2.97. The fraction of sp³-hybridized carbons (Fsp3) is 1.00. The SMILES string of the molecule is COP(=O)(O)OC(C)OP(=O)(O)O. The summed E-state index contributed by atoms with van der Waals surface area (Å²) in [5.74, 6) is 0. The van der Waals surface area contributed by atoms with Crippen molar-refractivity contribution in [2.24, 2.45) is 0 Å². The van der Waals surface area contributed by atoms with Crippen LogP contribution in [0.5, 0.6) is 0 Å². The van der Waals surface area contributed by atoms with Gasteiger partial charge >= 0.3 is 15.6 Å². The number of hydrogen-bond acceptors (Lipinski definition) is 5. The van der Waals surface area contributed by atoms with Crippen LogP contribution in [0.2, 0.25) is 0 Å². The summed E-state index contributed by atoms with van der Waals surface area (Å²) in [6.45, 7) is 1.04. The molecule has 0 saturated heterocycles. The molecule has 0 radical (unpaired) electrons. The quantitative estimate of drug-likeness (QED) is 0.457. The Morgan fingerprint density at radius 2 is 1.62 bits per heavy atom. The second-order valence-electron chi connectivity index (χ2n) is 1.92. The van der Waals surface area contributed by atoms with Gasteiger partial charge in [0, 0.05) is 7.11 Å². The van der Waals surface area contributed by atoms with Gasteiger partial charge in [0.2, 0.25) is 0 Å². The molecule has 0 spiro atoms. The smallest absolute Gasteiger partial charge is 0.303 e. The summed E-state index contributed by atoms with van der Waals surface area (Å²) in [5, 5.41) is 0. The summed E-state index contributed by atoms with van der Waals surface area (Å²) in [5.41, 5.74) is 0. The lowest BCUT2D eigenvalue weighted by atomic mass is 10.8. The normalized spacial score (nSPS) is 19.5. The van der Waals surface area contributed by atoms with Crippen LogP contribution in [0, 0.1) is 0 Å². The average molecular weight is 236 g/mol. The van der Waals surface area contributed by atoms with Crippen LogP contribution in [0.4, 0.5) is 0 Å². The van der Waals surface area contributed by atoms with E-state index in [4.69, 9.17) is 14.7 Å². The summed E-state index contributed by atoms with van der Waals surface area (Å²) in [4.78, 5) is 25.2. The lowest BCUT2D eigenvalue weighted by Crippen LogP contribution is -2.10. The van der Waals surface area contributed by atoms with Crippen molar-refractivity contribution in [3.05, 3.63) is 0 Å². The molecule has 0 aromatic carbocycles. The second-order valence-corrected chi connectivity index (χ2v) is 4.63. The monoisotopic (exact) mass is 236 g/mol. The topological polar surface area (TPSA) is 123 Å². The van der Waals surface area contributed by atoms with Crippen molar-refractivity contribution >= 4 is 15.6 Å². The molecule has 0 aliphatic heterocycles. The first-order valence-corrected chi connectivity index (χ1v) is 6.00. The second kappa shape index (κ2) is 4.63. The Labute approximate surface area is 74.3 Å². The zero-order chi connectivity index (χ0) is 10.7. The van der Waals surface area contributed by atoms with Crippen LogP contribution >= 0.6 is 15.6 Å². The van der Waals surface area contributed by atoms with Gasteiger partial charge in [-0.2, -0.15) is 0 Å². The van der Waals surface area contributed by atoms with E-state index in [1.165, 1.54) is 0 Å². The maximum atomic E-state index is 10.7. The summed E-state index contributed by atoms with van der Waals surface area (Å²) >= 11 is 0. The predicted octanol–water partition coefficient (Wildman–Crippen LogP) is 0.205. The van der Waals surface area contributed by atoms with Crippen LogP contribution in [-0.4, -0.2) is 28.1 Å². The molecule has 3 N–H and O–H groups in total. The van der Waals surface area contributed by atoms with Gasteiger partial charge in [-0.25, -0.2) is 9.13 Å². The molecule has 0 aliphatic rings. The van der Waals surface area contributed by atoms with Crippen molar-refractivity contribution in [3.8, 4) is 0 Å². The van der Waals surface area contributed by atoms with Gasteiger partial charge in [-0.1, -0.05) is 0 Å². The molecule has 13 heavy (non-hydrogen) atoms. The lowest BCUT2D eigenvalue weighted by molar-refractivity contribution is -0.0223. The van der Waals surface area contributed by atoms with E-state index in [1.807, 2.05) is 0 Å². The molecular formula is C3H10O8P2. The molecule has 0 aliphatic carbocycles. The minimum absolute atomic E-state index is 0.908. The van der Waals surface area contributed by atoms with Gasteiger partial charge in [-0.15, -0.1) is 0 Å². The van der Waals surface area contributed by atoms with Crippen LogP contribution in [0.25, 0.3) is 0 Å².